The first-order valence-electron chi connectivity index (χ1n) is 9.48. The van der Waals surface area contributed by atoms with E-state index in [1.54, 1.807) is 40.9 Å². The summed E-state index contributed by atoms with van der Waals surface area (Å²) in [6, 6.07) is 8.06. The van der Waals surface area contributed by atoms with E-state index in [0.29, 0.717) is 47.9 Å². The third kappa shape index (κ3) is 3.68. The Labute approximate surface area is 174 Å². The average Bonchev–Trinajstić information content (AvgIpc) is 3.07. The highest BCUT2D eigenvalue weighted by atomic mass is 35.5. The van der Waals surface area contributed by atoms with Gasteiger partial charge in [-0.05, 0) is 50.8 Å². The van der Waals surface area contributed by atoms with Crippen molar-refractivity contribution in [3.8, 4) is 0 Å². The van der Waals surface area contributed by atoms with Gasteiger partial charge in [-0.15, -0.1) is 0 Å². The number of aliphatic hydroxyl groups is 1. The van der Waals surface area contributed by atoms with Gasteiger partial charge < -0.3 is 10.8 Å². The van der Waals surface area contributed by atoms with Crippen molar-refractivity contribution in [2.24, 2.45) is 0 Å². The Morgan fingerprint density at radius 1 is 1.21 bits per heavy atom. The molecule has 9 heteroatoms. The fraction of sp³-hybridized carbons (Fsp3) is 0.350. The molecule has 3 aromatic rings. The molecule has 0 unspecified atom stereocenters. The number of rotatable bonds is 4. The summed E-state index contributed by atoms with van der Waals surface area (Å²) >= 11 is 6.18. The minimum Gasteiger partial charge on any atom is -0.396 e. The summed E-state index contributed by atoms with van der Waals surface area (Å²) in [5.74, 6) is 0.385. The van der Waals surface area contributed by atoms with E-state index in [2.05, 4.69) is 4.98 Å². The molecule has 1 aliphatic carbocycles. The predicted molar refractivity (Wildman–Crippen MR) is 114 cm³/mol. The fourth-order valence-electron chi connectivity index (χ4n) is 3.85. The van der Waals surface area contributed by atoms with Crippen molar-refractivity contribution in [3.63, 3.8) is 0 Å². The zero-order valence-corrected chi connectivity index (χ0v) is 17.6. The Morgan fingerprint density at radius 3 is 2.52 bits per heavy atom. The molecular weight excluding hydrogens is 412 g/mol. The summed E-state index contributed by atoms with van der Waals surface area (Å²) in [5, 5.41) is 10.3. The number of pyridine rings is 1. The molecule has 0 atom stereocenters. The van der Waals surface area contributed by atoms with Gasteiger partial charge in [0.2, 0.25) is 0 Å². The van der Waals surface area contributed by atoms with Crippen LogP contribution < -0.4 is 10.0 Å². The van der Waals surface area contributed by atoms with Crippen LogP contribution in [0.3, 0.4) is 0 Å². The van der Waals surface area contributed by atoms with E-state index in [1.165, 1.54) is 10.5 Å². The molecule has 4 rings (SSSR count). The number of hydrogen-bond acceptors (Lipinski definition) is 5. The van der Waals surface area contributed by atoms with E-state index in [9.17, 15) is 13.5 Å². The molecule has 2 heterocycles. The number of aliphatic hydroxyl groups excluding tert-OH is 1. The zero-order valence-electron chi connectivity index (χ0n) is 16.0. The second kappa shape index (κ2) is 7.51. The van der Waals surface area contributed by atoms with Crippen LogP contribution in [0.2, 0.25) is 5.02 Å². The summed E-state index contributed by atoms with van der Waals surface area (Å²) in [6.45, 7) is 1.91. The van der Waals surface area contributed by atoms with Crippen molar-refractivity contribution < 1.29 is 13.5 Å². The van der Waals surface area contributed by atoms with Crippen molar-refractivity contribution in [3.05, 3.63) is 53.3 Å². The number of sulfonamides is 1. The van der Waals surface area contributed by atoms with E-state index < -0.39 is 16.1 Å². The predicted octanol–water partition coefficient (Wildman–Crippen LogP) is 3.38. The Kier molecular flexibility index (Phi) is 5.18. The van der Waals surface area contributed by atoms with Crippen LogP contribution in [0, 0.1) is 6.92 Å². The van der Waals surface area contributed by atoms with E-state index in [1.807, 2.05) is 6.92 Å². The number of fused-ring (bicyclic) bond motifs is 1. The Bertz CT molecular complexity index is 1140. The highest BCUT2D eigenvalue weighted by Gasteiger charge is 2.36. The highest BCUT2D eigenvalue weighted by molar-refractivity contribution is 7.92. The molecule has 1 saturated carbocycles. The molecule has 7 nitrogen and oxygen atoms in total. The Hall–Kier alpha value is -2.29. The van der Waals surface area contributed by atoms with Crippen molar-refractivity contribution in [2.45, 2.75) is 49.6 Å². The maximum atomic E-state index is 13.7. The smallest absolute Gasteiger partial charge is 0.265 e. The number of hydrogen-bond donors (Lipinski definition) is 2. The molecule has 0 amide bonds. The molecule has 3 N–H and O–H groups in total. The van der Waals surface area contributed by atoms with Gasteiger partial charge in [0, 0.05) is 12.2 Å². The van der Waals surface area contributed by atoms with Gasteiger partial charge in [0.25, 0.3) is 10.0 Å². The SMILES string of the molecule is Cc1ccc(S(=O)(=O)N(c2cnc3c(N)cc(Cl)cn23)C2CCC(O)CC2)cc1. The first kappa shape index (κ1) is 20.0. The van der Waals surface area contributed by atoms with E-state index in [-0.39, 0.29) is 10.9 Å². The van der Waals surface area contributed by atoms with Gasteiger partial charge in [0.05, 0.1) is 27.9 Å². The lowest BCUT2D eigenvalue weighted by Gasteiger charge is -2.35. The van der Waals surface area contributed by atoms with Gasteiger partial charge in [-0.25, -0.2) is 17.7 Å². The molecular formula is C20H23ClN4O3S. The van der Waals surface area contributed by atoms with Gasteiger partial charge in [0.15, 0.2) is 5.65 Å². The largest absolute Gasteiger partial charge is 0.396 e. The lowest BCUT2D eigenvalue weighted by atomic mass is 9.93. The van der Waals surface area contributed by atoms with E-state index >= 15 is 0 Å². The van der Waals surface area contributed by atoms with Crippen LogP contribution >= 0.6 is 11.6 Å². The molecule has 2 aromatic heterocycles. The van der Waals surface area contributed by atoms with Crippen molar-refractivity contribution in [1.82, 2.24) is 9.38 Å². The summed E-state index contributed by atoms with van der Waals surface area (Å²) < 4.78 is 30.4. The number of halogens is 1. The van der Waals surface area contributed by atoms with E-state index in [4.69, 9.17) is 17.3 Å². The van der Waals surface area contributed by atoms with Gasteiger partial charge in [-0.2, -0.15) is 0 Å². The number of nitrogens with zero attached hydrogens (tertiary/aromatic N) is 3. The standard InChI is InChI=1S/C20H23ClN4O3S/c1-13-2-8-17(9-3-13)29(27,28)25(15-4-6-16(26)7-5-15)19-11-23-20-18(22)10-14(21)12-24(19)20/h2-3,8-12,15-16,26H,4-7,22H2,1H3. The van der Waals surface area contributed by atoms with Gasteiger partial charge in [-0.1, -0.05) is 29.3 Å². The lowest BCUT2D eigenvalue weighted by Crippen LogP contribution is -2.43. The minimum absolute atomic E-state index is 0.208. The maximum Gasteiger partial charge on any atom is 0.265 e. The molecule has 1 aliphatic rings. The maximum absolute atomic E-state index is 13.7. The Morgan fingerprint density at radius 2 is 1.86 bits per heavy atom. The number of aromatic nitrogens is 2. The Balaban J connectivity index is 1.89. The molecule has 154 valence electrons. The lowest BCUT2D eigenvalue weighted by molar-refractivity contribution is 0.123. The van der Waals surface area contributed by atoms with Crippen molar-refractivity contribution in [2.75, 3.05) is 10.0 Å². The minimum atomic E-state index is -3.87. The van der Waals surface area contributed by atoms with Gasteiger partial charge >= 0.3 is 0 Å². The third-order valence-corrected chi connectivity index (χ3v) is 7.46. The monoisotopic (exact) mass is 434 g/mol. The van der Waals surface area contributed by atoms with Crippen LogP contribution in [0.4, 0.5) is 11.5 Å². The molecule has 0 bridgehead atoms. The molecule has 0 radical (unpaired) electrons. The topological polar surface area (TPSA) is 101 Å². The summed E-state index contributed by atoms with van der Waals surface area (Å²) in [6.07, 6.45) is 4.92. The van der Waals surface area contributed by atoms with Crippen LogP contribution in [-0.4, -0.2) is 35.1 Å². The van der Waals surface area contributed by atoms with E-state index in [0.717, 1.165) is 5.56 Å². The molecule has 29 heavy (non-hydrogen) atoms. The van der Waals surface area contributed by atoms with Crippen molar-refractivity contribution >= 4 is 38.8 Å². The average molecular weight is 435 g/mol. The molecule has 0 aliphatic heterocycles. The summed E-state index contributed by atoms with van der Waals surface area (Å²) in [5.41, 5.74) is 7.83. The second-order valence-corrected chi connectivity index (χ2v) is 9.75. The first-order valence-corrected chi connectivity index (χ1v) is 11.3. The molecule has 1 aromatic carbocycles. The summed E-state index contributed by atoms with van der Waals surface area (Å²) in [7, 11) is -3.87. The quantitative estimate of drug-likeness (QED) is 0.655. The number of anilines is 2. The number of benzene rings is 1. The second-order valence-electron chi connectivity index (χ2n) is 7.50. The number of nitrogen functional groups attached to an aromatic ring is 1. The van der Waals surface area contributed by atoms with Gasteiger partial charge in [0.1, 0.15) is 5.82 Å². The third-order valence-electron chi connectivity index (χ3n) is 5.38. The highest BCUT2D eigenvalue weighted by Crippen LogP contribution is 2.34. The normalized spacial score (nSPS) is 20.1. The van der Waals surface area contributed by atoms with Crippen LogP contribution in [0.15, 0.2) is 47.6 Å². The first-order chi connectivity index (χ1) is 13.8. The van der Waals surface area contributed by atoms with Crippen LogP contribution in [0.25, 0.3) is 5.65 Å². The van der Waals surface area contributed by atoms with Crippen LogP contribution in [0.1, 0.15) is 31.2 Å². The van der Waals surface area contributed by atoms with Crippen molar-refractivity contribution in [1.29, 1.82) is 0 Å². The fourth-order valence-corrected chi connectivity index (χ4v) is 5.76. The molecule has 1 fully saturated rings. The van der Waals surface area contributed by atoms with Crippen LogP contribution in [0.5, 0.6) is 0 Å². The molecule has 0 saturated heterocycles. The zero-order chi connectivity index (χ0) is 20.8. The van der Waals surface area contributed by atoms with Crippen LogP contribution in [-0.2, 0) is 10.0 Å². The number of imidazole rings is 1. The summed E-state index contributed by atoms with van der Waals surface area (Å²) in [4.78, 5) is 4.54. The number of aryl methyl sites for hydroxylation is 1. The number of nitrogens with two attached hydrogens (primary N) is 1. The molecule has 0 spiro atoms. The van der Waals surface area contributed by atoms with Gasteiger partial charge in [-0.3, -0.25) is 4.40 Å².